The first-order chi connectivity index (χ1) is 8.65. The van der Waals surface area contributed by atoms with Gasteiger partial charge in [-0.2, -0.15) is 0 Å². The molecular formula is C15H21N3. The second-order valence-electron chi connectivity index (χ2n) is 5.74. The molecule has 1 saturated carbocycles. The van der Waals surface area contributed by atoms with Gasteiger partial charge in [0.25, 0.3) is 0 Å². The van der Waals surface area contributed by atoms with Crippen molar-refractivity contribution in [2.45, 2.75) is 39.7 Å². The van der Waals surface area contributed by atoms with Crippen molar-refractivity contribution in [1.29, 1.82) is 0 Å². The quantitative estimate of drug-likeness (QED) is 0.879. The fourth-order valence-electron chi connectivity index (χ4n) is 3.17. The minimum atomic E-state index is 0.662. The van der Waals surface area contributed by atoms with E-state index in [2.05, 4.69) is 41.6 Å². The van der Waals surface area contributed by atoms with Gasteiger partial charge in [0.15, 0.2) is 0 Å². The minimum absolute atomic E-state index is 0.662. The Labute approximate surface area is 108 Å². The Balaban J connectivity index is 1.99. The highest BCUT2D eigenvalue weighted by Crippen LogP contribution is 2.34. The van der Waals surface area contributed by atoms with Crippen molar-refractivity contribution in [3.63, 3.8) is 0 Å². The number of fused-ring (bicyclic) bond motifs is 1. The van der Waals surface area contributed by atoms with Gasteiger partial charge < -0.3 is 10.3 Å². The second kappa shape index (κ2) is 4.30. The van der Waals surface area contributed by atoms with Gasteiger partial charge in [-0.05, 0) is 42.9 Å². The maximum atomic E-state index is 6.08. The Morgan fingerprint density at radius 1 is 1.39 bits per heavy atom. The maximum absolute atomic E-state index is 6.08. The van der Waals surface area contributed by atoms with Crippen LogP contribution in [0, 0.1) is 18.8 Å². The van der Waals surface area contributed by atoms with Crippen LogP contribution in [0.2, 0.25) is 0 Å². The summed E-state index contributed by atoms with van der Waals surface area (Å²) in [4.78, 5) is 4.46. The summed E-state index contributed by atoms with van der Waals surface area (Å²) in [5.41, 5.74) is 9.55. The highest BCUT2D eigenvalue weighted by molar-refractivity contribution is 5.79. The first-order valence-corrected chi connectivity index (χ1v) is 6.87. The van der Waals surface area contributed by atoms with Crippen LogP contribution < -0.4 is 5.73 Å². The van der Waals surface area contributed by atoms with Crippen molar-refractivity contribution in [3.05, 3.63) is 23.8 Å². The van der Waals surface area contributed by atoms with E-state index in [4.69, 9.17) is 5.73 Å². The SMILES string of the molecule is Cc1ccc2nc(N)n(CC3CCCC3C)c2c1. The van der Waals surface area contributed by atoms with E-state index in [0.717, 1.165) is 23.9 Å². The van der Waals surface area contributed by atoms with Crippen LogP contribution in [0.5, 0.6) is 0 Å². The number of nitrogens with zero attached hydrogens (tertiary/aromatic N) is 2. The molecule has 0 aliphatic heterocycles. The fraction of sp³-hybridized carbons (Fsp3) is 0.533. The molecule has 0 amide bonds. The summed E-state index contributed by atoms with van der Waals surface area (Å²) in [7, 11) is 0. The number of hydrogen-bond acceptors (Lipinski definition) is 2. The Bertz CT molecular complexity index is 570. The number of nitrogen functional groups attached to an aromatic ring is 1. The number of benzene rings is 1. The zero-order valence-corrected chi connectivity index (χ0v) is 11.2. The van der Waals surface area contributed by atoms with Crippen LogP contribution in [0.4, 0.5) is 5.95 Å². The van der Waals surface area contributed by atoms with Crippen LogP contribution >= 0.6 is 0 Å². The lowest BCUT2D eigenvalue weighted by Crippen LogP contribution is -2.14. The topological polar surface area (TPSA) is 43.8 Å². The van der Waals surface area contributed by atoms with Crippen LogP contribution in [0.15, 0.2) is 18.2 Å². The number of hydrogen-bond donors (Lipinski definition) is 1. The second-order valence-corrected chi connectivity index (χ2v) is 5.74. The van der Waals surface area contributed by atoms with Gasteiger partial charge in [0.2, 0.25) is 5.95 Å². The summed E-state index contributed by atoms with van der Waals surface area (Å²) < 4.78 is 2.20. The number of nitrogens with two attached hydrogens (primary N) is 1. The van der Waals surface area contributed by atoms with Gasteiger partial charge in [-0.1, -0.05) is 25.8 Å². The lowest BCUT2D eigenvalue weighted by atomic mass is 9.98. The molecule has 1 aromatic carbocycles. The Morgan fingerprint density at radius 2 is 2.22 bits per heavy atom. The van der Waals surface area contributed by atoms with Crippen molar-refractivity contribution in [2.24, 2.45) is 11.8 Å². The summed E-state index contributed by atoms with van der Waals surface area (Å²) in [5, 5.41) is 0. The van der Waals surface area contributed by atoms with Gasteiger partial charge in [0, 0.05) is 6.54 Å². The third kappa shape index (κ3) is 1.88. The molecule has 1 aliphatic rings. The average Bonchev–Trinajstić information content (AvgIpc) is 2.86. The standard InChI is InChI=1S/C15H21N3/c1-10-6-7-13-14(8-10)18(15(16)17-13)9-12-5-3-4-11(12)2/h6-8,11-12H,3-5,9H2,1-2H3,(H2,16,17). The number of rotatable bonds is 2. The molecule has 18 heavy (non-hydrogen) atoms. The zero-order chi connectivity index (χ0) is 12.7. The largest absolute Gasteiger partial charge is 0.369 e. The summed E-state index contributed by atoms with van der Waals surface area (Å²) in [5.74, 6) is 2.23. The highest BCUT2D eigenvalue weighted by atomic mass is 15.2. The fourth-order valence-corrected chi connectivity index (χ4v) is 3.17. The van der Waals surface area contributed by atoms with Crippen LogP contribution in [-0.4, -0.2) is 9.55 Å². The van der Waals surface area contributed by atoms with Crippen molar-refractivity contribution in [1.82, 2.24) is 9.55 Å². The Morgan fingerprint density at radius 3 is 2.94 bits per heavy atom. The van der Waals surface area contributed by atoms with Gasteiger partial charge in [-0.15, -0.1) is 0 Å². The van der Waals surface area contributed by atoms with Crippen LogP contribution in [0.1, 0.15) is 31.7 Å². The average molecular weight is 243 g/mol. The monoisotopic (exact) mass is 243 g/mol. The highest BCUT2D eigenvalue weighted by Gasteiger charge is 2.24. The molecule has 1 aromatic heterocycles. The molecule has 2 atom stereocenters. The lowest BCUT2D eigenvalue weighted by molar-refractivity contribution is 0.370. The van der Waals surface area contributed by atoms with Crippen molar-refractivity contribution >= 4 is 17.0 Å². The van der Waals surface area contributed by atoms with E-state index in [-0.39, 0.29) is 0 Å². The molecule has 3 heteroatoms. The van der Waals surface area contributed by atoms with E-state index in [1.807, 2.05) is 0 Å². The summed E-state index contributed by atoms with van der Waals surface area (Å²) in [6.07, 6.45) is 4.04. The van der Waals surface area contributed by atoms with Crippen LogP contribution in [0.3, 0.4) is 0 Å². The van der Waals surface area contributed by atoms with Gasteiger partial charge in [0.05, 0.1) is 11.0 Å². The molecule has 0 saturated heterocycles. The predicted octanol–water partition coefficient (Wildman–Crippen LogP) is 3.36. The van der Waals surface area contributed by atoms with Crippen molar-refractivity contribution < 1.29 is 0 Å². The van der Waals surface area contributed by atoms with Crippen LogP contribution in [0.25, 0.3) is 11.0 Å². The maximum Gasteiger partial charge on any atom is 0.201 e. The summed E-state index contributed by atoms with van der Waals surface area (Å²) in [6.45, 7) is 5.50. The molecule has 2 N–H and O–H groups in total. The van der Waals surface area contributed by atoms with E-state index in [9.17, 15) is 0 Å². The molecule has 0 bridgehead atoms. The minimum Gasteiger partial charge on any atom is -0.369 e. The van der Waals surface area contributed by atoms with E-state index in [1.54, 1.807) is 0 Å². The number of anilines is 1. The third-order valence-corrected chi connectivity index (χ3v) is 4.39. The number of aromatic nitrogens is 2. The lowest BCUT2D eigenvalue weighted by Gasteiger charge is -2.17. The number of aryl methyl sites for hydroxylation is 1. The normalized spacial score (nSPS) is 23.9. The van der Waals surface area contributed by atoms with E-state index >= 15 is 0 Å². The van der Waals surface area contributed by atoms with Gasteiger partial charge >= 0.3 is 0 Å². The molecule has 3 rings (SSSR count). The molecule has 3 nitrogen and oxygen atoms in total. The summed E-state index contributed by atoms with van der Waals surface area (Å²) in [6, 6.07) is 6.35. The van der Waals surface area contributed by atoms with Gasteiger partial charge in [0.1, 0.15) is 0 Å². The van der Waals surface area contributed by atoms with E-state index < -0.39 is 0 Å². The van der Waals surface area contributed by atoms with E-state index in [0.29, 0.717) is 5.95 Å². The van der Waals surface area contributed by atoms with Crippen molar-refractivity contribution in [3.8, 4) is 0 Å². The molecule has 0 radical (unpaired) electrons. The first-order valence-electron chi connectivity index (χ1n) is 6.87. The van der Waals surface area contributed by atoms with E-state index in [1.165, 1.54) is 30.3 Å². The molecule has 2 aromatic rings. The summed E-state index contributed by atoms with van der Waals surface area (Å²) >= 11 is 0. The molecule has 1 fully saturated rings. The Kier molecular flexibility index (Phi) is 2.77. The third-order valence-electron chi connectivity index (χ3n) is 4.39. The smallest absolute Gasteiger partial charge is 0.201 e. The number of imidazole rings is 1. The van der Waals surface area contributed by atoms with Gasteiger partial charge in [-0.3, -0.25) is 0 Å². The molecule has 96 valence electrons. The molecule has 0 spiro atoms. The predicted molar refractivity (Wildman–Crippen MR) is 75.4 cm³/mol. The van der Waals surface area contributed by atoms with Crippen LogP contribution in [-0.2, 0) is 6.54 Å². The molecule has 1 aliphatic carbocycles. The molecule has 1 heterocycles. The zero-order valence-electron chi connectivity index (χ0n) is 11.2. The first kappa shape index (κ1) is 11.6. The Hall–Kier alpha value is -1.51. The van der Waals surface area contributed by atoms with Crippen molar-refractivity contribution in [2.75, 3.05) is 5.73 Å². The molecular weight excluding hydrogens is 222 g/mol. The molecule has 2 unspecified atom stereocenters. The van der Waals surface area contributed by atoms with Gasteiger partial charge in [-0.25, -0.2) is 4.98 Å².